The molecule has 0 spiro atoms. The van der Waals surface area contributed by atoms with Crippen LogP contribution >= 0.6 is 0 Å². The Balaban J connectivity index is 1.17. The van der Waals surface area contributed by atoms with Crippen molar-refractivity contribution in [2.24, 2.45) is 5.92 Å². The molecule has 2 fully saturated rings. The number of pyridine rings is 1. The minimum Gasteiger partial charge on any atom is -0.490 e. The van der Waals surface area contributed by atoms with Crippen LogP contribution in [0.1, 0.15) is 44.6 Å². The lowest BCUT2D eigenvalue weighted by Gasteiger charge is -2.35. The number of hydrogen-bond donors (Lipinski definition) is 0. The predicted octanol–water partition coefficient (Wildman–Crippen LogP) is 5.90. The Labute approximate surface area is 192 Å². The van der Waals surface area contributed by atoms with Crippen molar-refractivity contribution >= 4 is 16.6 Å². The van der Waals surface area contributed by atoms with Gasteiger partial charge in [0, 0.05) is 38.9 Å². The van der Waals surface area contributed by atoms with Gasteiger partial charge in [-0.1, -0.05) is 37.6 Å². The first-order valence-electron chi connectivity index (χ1n) is 12.3. The van der Waals surface area contributed by atoms with Crippen molar-refractivity contribution in [2.75, 3.05) is 31.1 Å². The van der Waals surface area contributed by atoms with Crippen LogP contribution in [0.4, 0.5) is 5.82 Å². The second-order valence-corrected chi connectivity index (χ2v) is 9.46. The maximum atomic E-state index is 6.34. The van der Waals surface area contributed by atoms with Gasteiger partial charge in [-0.3, -0.25) is 4.90 Å². The Morgan fingerprint density at radius 1 is 0.875 bits per heavy atom. The van der Waals surface area contributed by atoms with E-state index in [9.17, 15) is 0 Å². The lowest BCUT2D eigenvalue weighted by Crippen LogP contribution is -2.46. The van der Waals surface area contributed by atoms with Gasteiger partial charge in [-0.05, 0) is 78.3 Å². The molecule has 4 nitrogen and oxygen atoms in total. The van der Waals surface area contributed by atoms with Crippen LogP contribution < -0.4 is 9.64 Å². The van der Waals surface area contributed by atoms with E-state index in [4.69, 9.17) is 4.74 Å². The Bertz CT molecular complexity index is 1010. The average Bonchev–Trinajstić information content (AvgIpc) is 2.86. The van der Waals surface area contributed by atoms with Gasteiger partial charge in [-0.2, -0.15) is 0 Å². The summed E-state index contributed by atoms with van der Waals surface area (Å²) in [5.74, 6) is 3.02. The van der Waals surface area contributed by atoms with Crippen molar-refractivity contribution in [2.45, 2.75) is 51.7 Å². The van der Waals surface area contributed by atoms with Crippen LogP contribution in [-0.2, 0) is 6.54 Å². The highest BCUT2D eigenvalue weighted by atomic mass is 16.5. The van der Waals surface area contributed by atoms with E-state index >= 15 is 0 Å². The Hall–Kier alpha value is -2.59. The van der Waals surface area contributed by atoms with Gasteiger partial charge < -0.3 is 9.64 Å². The second kappa shape index (κ2) is 9.91. The normalized spacial score (nSPS) is 22.2. The first-order valence-corrected chi connectivity index (χ1v) is 12.3. The monoisotopic (exact) mass is 429 g/mol. The molecule has 0 bridgehead atoms. The van der Waals surface area contributed by atoms with Crippen molar-refractivity contribution < 1.29 is 4.74 Å². The maximum Gasteiger partial charge on any atom is 0.128 e. The van der Waals surface area contributed by atoms with E-state index in [1.807, 2.05) is 12.3 Å². The third kappa shape index (κ3) is 5.07. The molecule has 168 valence electrons. The summed E-state index contributed by atoms with van der Waals surface area (Å²) < 4.78 is 6.34. The number of anilines is 1. The Kier molecular flexibility index (Phi) is 6.59. The summed E-state index contributed by atoms with van der Waals surface area (Å²) in [4.78, 5) is 9.42. The zero-order chi connectivity index (χ0) is 21.8. The number of hydrogen-bond acceptors (Lipinski definition) is 4. The van der Waals surface area contributed by atoms with Crippen LogP contribution in [0, 0.1) is 5.92 Å². The third-order valence-electron chi connectivity index (χ3n) is 7.30. The summed E-state index contributed by atoms with van der Waals surface area (Å²) in [6.07, 6.45) is 8.60. The molecule has 0 unspecified atom stereocenters. The molecule has 1 aliphatic carbocycles. The van der Waals surface area contributed by atoms with E-state index in [2.05, 4.69) is 70.2 Å². The molecule has 1 saturated heterocycles. The van der Waals surface area contributed by atoms with E-state index in [0.717, 1.165) is 50.2 Å². The number of aromatic nitrogens is 1. The fourth-order valence-electron chi connectivity index (χ4n) is 5.23. The smallest absolute Gasteiger partial charge is 0.128 e. The summed E-state index contributed by atoms with van der Waals surface area (Å²) in [7, 11) is 0. The molecule has 4 heteroatoms. The number of piperazine rings is 1. The lowest BCUT2D eigenvalue weighted by molar-refractivity contribution is 0.130. The zero-order valence-corrected chi connectivity index (χ0v) is 19.2. The largest absolute Gasteiger partial charge is 0.490 e. The molecule has 1 aliphatic heterocycles. The van der Waals surface area contributed by atoms with Gasteiger partial charge in [-0.15, -0.1) is 0 Å². The number of benzene rings is 2. The second-order valence-electron chi connectivity index (χ2n) is 9.46. The predicted molar refractivity (Wildman–Crippen MR) is 132 cm³/mol. The van der Waals surface area contributed by atoms with Gasteiger partial charge in [0.05, 0.1) is 6.10 Å². The van der Waals surface area contributed by atoms with Gasteiger partial charge in [0.2, 0.25) is 0 Å². The molecule has 0 N–H and O–H groups in total. The van der Waals surface area contributed by atoms with Crippen molar-refractivity contribution in [1.82, 2.24) is 9.88 Å². The van der Waals surface area contributed by atoms with Gasteiger partial charge >= 0.3 is 0 Å². The zero-order valence-electron chi connectivity index (χ0n) is 19.2. The SMILES string of the molecule is CCC1CCC(Oc2ccc3cc(CN4CCN(c5ccccn5)CC4)ccc3c2)CC1. The molecule has 2 aliphatic rings. The first-order chi connectivity index (χ1) is 15.8. The molecule has 1 aromatic heterocycles. The summed E-state index contributed by atoms with van der Waals surface area (Å²) in [6.45, 7) is 7.52. The molecular formula is C28H35N3O. The summed E-state index contributed by atoms with van der Waals surface area (Å²) >= 11 is 0. The van der Waals surface area contributed by atoms with Gasteiger partial charge in [0.15, 0.2) is 0 Å². The van der Waals surface area contributed by atoms with Crippen molar-refractivity contribution in [3.05, 3.63) is 66.4 Å². The highest BCUT2D eigenvalue weighted by Crippen LogP contribution is 2.30. The third-order valence-corrected chi connectivity index (χ3v) is 7.30. The number of ether oxygens (including phenoxy) is 1. The molecule has 0 radical (unpaired) electrons. The molecule has 0 amide bonds. The van der Waals surface area contributed by atoms with E-state index in [1.165, 1.54) is 48.4 Å². The molecule has 3 aromatic rings. The fraction of sp³-hybridized carbons (Fsp3) is 0.464. The van der Waals surface area contributed by atoms with Crippen LogP contribution in [0.2, 0.25) is 0 Å². The van der Waals surface area contributed by atoms with E-state index in [-0.39, 0.29) is 0 Å². The van der Waals surface area contributed by atoms with Crippen LogP contribution in [0.3, 0.4) is 0 Å². The van der Waals surface area contributed by atoms with Gasteiger partial charge in [-0.25, -0.2) is 4.98 Å². The first kappa shape index (κ1) is 21.3. The standard InChI is InChI=1S/C28H35N3O/c1-2-22-7-11-26(12-8-22)32-27-13-10-24-19-23(6-9-25(24)20-27)21-30-15-17-31(18-16-30)28-5-3-4-14-29-28/h3-6,9-10,13-14,19-20,22,26H,2,7-8,11-12,15-18,21H2,1H3. The molecule has 5 rings (SSSR count). The van der Waals surface area contributed by atoms with Crippen LogP contribution in [0.15, 0.2) is 60.8 Å². The van der Waals surface area contributed by atoms with E-state index in [0.29, 0.717) is 6.10 Å². The van der Waals surface area contributed by atoms with E-state index < -0.39 is 0 Å². The van der Waals surface area contributed by atoms with Crippen molar-refractivity contribution in [3.8, 4) is 5.75 Å². The quantitative estimate of drug-likeness (QED) is 0.487. The molecule has 2 aromatic carbocycles. The Morgan fingerprint density at radius 3 is 2.41 bits per heavy atom. The highest BCUT2D eigenvalue weighted by Gasteiger charge is 2.21. The summed E-state index contributed by atoms with van der Waals surface area (Å²) in [5, 5.41) is 2.57. The summed E-state index contributed by atoms with van der Waals surface area (Å²) in [6, 6.07) is 19.6. The number of nitrogens with zero attached hydrogens (tertiary/aromatic N) is 3. The van der Waals surface area contributed by atoms with E-state index in [1.54, 1.807) is 0 Å². The number of rotatable bonds is 6. The van der Waals surface area contributed by atoms with Gasteiger partial charge in [0.1, 0.15) is 11.6 Å². The minimum absolute atomic E-state index is 0.388. The molecule has 1 saturated carbocycles. The van der Waals surface area contributed by atoms with Crippen LogP contribution in [0.25, 0.3) is 10.8 Å². The fourth-order valence-corrected chi connectivity index (χ4v) is 5.23. The number of fused-ring (bicyclic) bond motifs is 1. The molecular weight excluding hydrogens is 394 g/mol. The summed E-state index contributed by atoms with van der Waals surface area (Å²) in [5.41, 5.74) is 1.38. The highest BCUT2D eigenvalue weighted by molar-refractivity contribution is 5.84. The maximum absolute atomic E-state index is 6.34. The molecule has 2 heterocycles. The van der Waals surface area contributed by atoms with Crippen molar-refractivity contribution in [1.29, 1.82) is 0 Å². The molecule has 32 heavy (non-hydrogen) atoms. The minimum atomic E-state index is 0.388. The van der Waals surface area contributed by atoms with Crippen LogP contribution in [-0.4, -0.2) is 42.2 Å². The average molecular weight is 430 g/mol. The Morgan fingerprint density at radius 2 is 1.66 bits per heavy atom. The van der Waals surface area contributed by atoms with Gasteiger partial charge in [0.25, 0.3) is 0 Å². The topological polar surface area (TPSA) is 28.6 Å². The van der Waals surface area contributed by atoms with Crippen molar-refractivity contribution in [3.63, 3.8) is 0 Å². The lowest BCUT2D eigenvalue weighted by atomic mass is 9.86. The van der Waals surface area contributed by atoms with Crippen LogP contribution in [0.5, 0.6) is 5.75 Å². The molecule has 0 atom stereocenters.